The highest BCUT2D eigenvalue weighted by molar-refractivity contribution is 5.94. The van der Waals surface area contributed by atoms with Crippen LogP contribution in [-0.4, -0.2) is 24.5 Å². The SMILES string of the molecule is COc1ccc2ccccc2c1CCNC(=O)c1ccc(C(C)C)[nH]c1=O. The quantitative estimate of drug-likeness (QED) is 0.702. The van der Waals surface area contributed by atoms with Gasteiger partial charge in [-0.25, -0.2) is 0 Å². The molecule has 0 spiro atoms. The van der Waals surface area contributed by atoms with Crippen LogP contribution in [0.15, 0.2) is 53.3 Å². The van der Waals surface area contributed by atoms with E-state index < -0.39 is 0 Å². The number of amides is 1. The molecule has 0 saturated heterocycles. The summed E-state index contributed by atoms with van der Waals surface area (Å²) in [6.45, 7) is 4.39. The van der Waals surface area contributed by atoms with Gasteiger partial charge in [0, 0.05) is 17.8 Å². The first-order valence-corrected chi connectivity index (χ1v) is 9.07. The van der Waals surface area contributed by atoms with Gasteiger partial charge in [-0.3, -0.25) is 9.59 Å². The number of carbonyl (C=O) groups excluding carboxylic acids is 1. The van der Waals surface area contributed by atoms with Crippen LogP contribution in [0.2, 0.25) is 0 Å². The Kier molecular flexibility index (Phi) is 5.60. The Hall–Kier alpha value is -3.08. The van der Waals surface area contributed by atoms with Crippen LogP contribution in [0, 0.1) is 0 Å². The van der Waals surface area contributed by atoms with E-state index in [4.69, 9.17) is 4.74 Å². The van der Waals surface area contributed by atoms with E-state index in [9.17, 15) is 9.59 Å². The average molecular weight is 364 g/mol. The first-order valence-electron chi connectivity index (χ1n) is 9.07. The fraction of sp³-hybridized carbons (Fsp3) is 0.273. The minimum Gasteiger partial charge on any atom is -0.496 e. The molecule has 2 aromatic carbocycles. The third kappa shape index (κ3) is 4.03. The van der Waals surface area contributed by atoms with Gasteiger partial charge in [-0.2, -0.15) is 0 Å². The molecule has 5 heteroatoms. The van der Waals surface area contributed by atoms with Gasteiger partial charge in [0.2, 0.25) is 0 Å². The fourth-order valence-electron chi connectivity index (χ4n) is 3.17. The Morgan fingerprint density at radius 3 is 2.59 bits per heavy atom. The van der Waals surface area contributed by atoms with Crippen molar-refractivity contribution in [1.82, 2.24) is 10.3 Å². The number of benzene rings is 2. The summed E-state index contributed by atoms with van der Waals surface area (Å²) >= 11 is 0. The van der Waals surface area contributed by atoms with E-state index in [0.29, 0.717) is 13.0 Å². The maximum Gasteiger partial charge on any atom is 0.261 e. The van der Waals surface area contributed by atoms with Gasteiger partial charge in [-0.15, -0.1) is 0 Å². The average Bonchev–Trinajstić information content (AvgIpc) is 2.67. The van der Waals surface area contributed by atoms with Crippen LogP contribution < -0.4 is 15.6 Å². The Morgan fingerprint density at radius 2 is 1.89 bits per heavy atom. The predicted molar refractivity (Wildman–Crippen MR) is 108 cm³/mol. The molecule has 1 amide bonds. The first kappa shape index (κ1) is 18.7. The number of aromatic nitrogens is 1. The Morgan fingerprint density at radius 1 is 1.11 bits per heavy atom. The molecule has 3 aromatic rings. The smallest absolute Gasteiger partial charge is 0.261 e. The van der Waals surface area contributed by atoms with Gasteiger partial charge in [-0.1, -0.05) is 44.2 Å². The second-order valence-electron chi connectivity index (χ2n) is 6.78. The lowest BCUT2D eigenvalue weighted by Gasteiger charge is -2.13. The number of fused-ring (bicyclic) bond motifs is 1. The molecule has 140 valence electrons. The van der Waals surface area contributed by atoms with Gasteiger partial charge >= 0.3 is 0 Å². The van der Waals surface area contributed by atoms with Crippen molar-refractivity contribution in [3.05, 3.63) is 75.7 Å². The number of hydrogen-bond donors (Lipinski definition) is 2. The second kappa shape index (κ2) is 8.08. The maximum absolute atomic E-state index is 12.4. The van der Waals surface area contributed by atoms with Crippen LogP contribution in [0.4, 0.5) is 0 Å². The van der Waals surface area contributed by atoms with E-state index in [1.165, 1.54) is 0 Å². The van der Waals surface area contributed by atoms with Crippen molar-refractivity contribution < 1.29 is 9.53 Å². The van der Waals surface area contributed by atoms with Gasteiger partial charge < -0.3 is 15.0 Å². The summed E-state index contributed by atoms with van der Waals surface area (Å²) in [5.41, 5.74) is 1.63. The number of methoxy groups -OCH3 is 1. The number of ether oxygens (including phenoxy) is 1. The van der Waals surface area contributed by atoms with E-state index in [1.807, 2.05) is 50.2 Å². The van der Waals surface area contributed by atoms with Crippen molar-refractivity contribution >= 4 is 16.7 Å². The van der Waals surface area contributed by atoms with E-state index >= 15 is 0 Å². The van der Waals surface area contributed by atoms with Crippen molar-refractivity contribution in [2.24, 2.45) is 0 Å². The molecular weight excluding hydrogens is 340 g/mol. The second-order valence-corrected chi connectivity index (χ2v) is 6.78. The zero-order valence-corrected chi connectivity index (χ0v) is 15.8. The highest BCUT2D eigenvalue weighted by Crippen LogP contribution is 2.28. The zero-order chi connectivity index (χ0) is 19.4. The molecule has 0 aliphatic rings. The molecular formula is C22H24N2O3. The molecule has 0 unspecified atom stereocenters. The minimum atomic E-state index is -0.370. The highest BCUT2D eigenvalue weighted by Gasteiger charge is 2.13. The number of H-pyrrole nitrogens is 1. The third-order valence-corrected chi connectivity index (χ3v) is 4.68. The van der Waals surface area contributed by atoms with Gasteiger partial charge in [0.05, 0.1) is 7.11 Å². The van der Waals surface area contributed by atoms with Crippen LogP contribution >= 0.6 is 0 Å². The van der Waals surface area contributed by atoms with Crippen molar-refractivity contribution in [2.45, 2.75) is 26.2 Å². The molecule has 27 heavy (non-hydrogen) atoms. The molecule has 2 N–H and O–H groups in total. The van der Waals surface area contributed by atoms with Gasteiger partial charge in [0.1, 0.15) is 11.3 Å². The lowest BCUT2D eigenvalue weighted by atomic mass is 10.0. The number of rotatable bonds is 6. The molecule has 0 aliphatic heterocycles. The van der Waals surface area contributed by atoms with Crippen molar-refractivity contribution in [2.75, 3.05) is 13.7 Å². The van der Waals surface area contributed by atoms with E-state index in [0.717, 1.165) is 27.8 Å². The molecule has 1 heterocycles. The lowest BCUT2D eigenvalue weighted by molar-refractivity contribution is 0.0952. The summed E-state index contributed by atoms with van der Waals surface area (Å²) in [5, 5.41) is 5.07. The lowest BCUT2D eigenvalue weighted by Crippen LogP contribution is -2.31. The minimum absolute atomic E-state index is 0.129. The topological polar surface area (TPSA) is 71.2 Å². The van der Waals surface area contributed by atoms with Crippen LogP contribution in [0.25, 0.3) is 10.8 Å². The molecule has 0 radical (unpaired) electrons. The molecule has 5 nitrogen and oxygen atoms in total. The van der Waals surface area contributed by atoms with Crippen LogP contribution in [0.3, 0.4) is 0 Å². The summed E-state index contributed by atoms with van der Waals surface area (Å²) in [7, 11) is 1.64. The fourth-order valence-corrected chi connectivity index (χ4v) is 3.17. The van der Waals surface area contributed by atoms with Gasteiger partial charge in [0.15, 0.2) is 0 Å². The predicted octanol–water partition coefficient (Wildman–Crippen LogP) is 3.63. The Balaban J connectivity index is 1.74. The van der Waals surface area contributed by atoms with Gasteiger partial charge in [0.25, 0.3) is 11.5 Å². The number of nitrogens with one attached hydrogen (secondary N) is 2. The largest absolute Gasteiger partial charge is 0.496 e. The van der Waals surface area contributed by atoms with Crippen molar-refractivity contribution in [1.29, 1.82) is 0 Å². The van der Waals surface area contributed by atoms with Gasteiger partial charge in [-0.05, 0) is 41.3 Å². The maximum atomic E-state index is 12.4. The van der Waals surface area contributed by atoms with E-state index in [1.54, 1.807) is 19.2 Å². The molecule has 0 atom stereocenters. The molecule has 1 aromatic heterocycles. The summed E-state index contributed by atoms with van der Waals surface area (Å²) in [6, 6.07) is 15.4. The number of pyridine rings is 1. The monoisotopic (exact) mass is 364 g/mol. The van der Waals surface area contributed by atoms with Crippen LogP contribution in [0.5, 0.6) is 5.75 Å². The standard InChI is InChI=1S/C22H24N2O3/c1-14(2)19-10-9-18(22(26)24-19)21(25)23-13-12-17-16-7-5-4-6-15(16)8-11-20(17)27-3/h4-11,14H,12-13H2,1-3H3,(H,23,25)(H,24,26). The number of aromatic amines is 1. The van der Waals surface area contributed by atoms with Crippen LogP contribution in [-0.2, 0) is 6.42 Å². The molecule has 0 saturated carbocycles. The third-order valence-electron chi connectivity index (χ3n) is 4.68. The first-order chi connectivity index (χ1) is 13.0. The molecule has 0 bridgehead atoms. The number of hydrogen-bond acceptors (Lipinski definition) is 3. The van der Waals surface area contributed by atoms with Crippen molar-refractivity contribution in [3.8, 4) is 5.75 Å². The summed E-state index contributed by atoms with van der Waals surface area (Å²) in [4.78, 5) is 27.3. The van der Waals surface area contributed by atoms with Crippen LogP contribution in [0.1, 0.15) is 41.4 Å². The molecule has 0 fully saturated rings. The molecule has 3 rings (SSSR count). The normalized spacial score (nSPS) is 11.0. The summed E-state index contributed by atoms with van der Waals surface area (Å²) in [6.07, 6.45) is 0.609. The number of carbonyl (C=O) groups is 1. The zero-order valence-electron chi connectivity index (χ0n) is 15.8. The summed E-state index contributed by atoms with van der Waals surface area (Å²) in [5.74, 6) is 0.626. The van der Waals surface area contributed by atoms with Crippen molar-refractivity contribution in [3.63, 3.8) is 0 Å². The summed E-state index contributed by atoms with van der Waals surface area (Å²) < 4.78 is 5.48. The van der Waals surface area contributed by atoms with E-state index in [-0.39, 0.29) is 22.9 Å². The molecule has 0 aliphatic carbocycles. The highest BCUT2D eigenvalue weighted by atomic mass is 16.5. The Bertz CT molecular complexity index is 1020. The Labute approximate surface area is 158 Å². The van der Waals surface area contributed by atoms with E-state index in [2.05, 4.69) is 10.3 Å².